The smallest absolute Gasteiger partial charge is 0.408 e. The van der Waals surface area contributed by atoms with Gasteiger partial charge in [-0.25, -0.2) is 4.79 Å². The van der Waals surface area contributed by atoms with Crippen molar-refractivity contribution in [2.24, 2.45) is 5.41 Å². The highest BCUT2D eigenvalue weighted by atomic mass is 16.6. The van der Waals surface area contributed by atoms with Crippen LogP contribution < -0.4 is 5.32 Å². The summed E-state index contributed by atoms with van der Waals surface area (Å²) in [4.78, 5) is 29.7. The van der Waals surface area contributed by atoms with Gasteiger partial charge in [-0.3, -0.25) is 9.78 Å². The molecule has 1 aromatic carbocycles. The molecule has 1 aliphatic carbocycles. The Balaban J connectivity index is 1.82. The summed E-state index contributed by atoms with van der Waals surface area (Å²) in [6, 6.07) is 9.48. The molecular weight excluding hydrogens is 444 g/mol. The fourth-order valence-corrected chi connectivity index (χ4v) is 4.26. The zero-order valence-corrected chi connectivity index (χ0v) is 21.7. The molecule has 190 valence electrons. The van der Waals surface area contributed by atoms with Crippen LogP contribution in [0.5, 0.6) is 0 Å². The molecule has 0 saturated heterocycles. The number of alkyl carbamates (subject to hydrolysis) is 1. The standard InChI is InChI=1S/C28H38N2O5/c1-7-34-24(31)28(16-14-27(6,33)15-17-28)13-12-20-8-9-21-10-11-22(30-23(21)18-20)19(2)29-25(32)35-26(3,4)5/h8-13,18-19,33H,7,14-17H2,1-6H3,(H,29,32). The number of aliphatic hydroxyl groups is 1. The first-order valence-electron chi connectivity index (χ1n) is 12.3. The van der Waals surface area contributed by atoms with E-state index >= 15 is 0 Å². The van der Waals surface area contributed by atoms with Crippen molar-refractivity contribution < 1.29 is 24.2 Å². The molecule has 0 aliphatic heterocycles. The predicted molar refractivity (Wildman–Crippen MR) is 137 cm³/mol. The van der Waals surface area contributed by atoms with Crippen molar-refractivity contribution in [2.45, 2.75) is 84.5 Å². The zero-order valence-electron chi connectivity index (χ0n) is 21.7. The van der Waals surface area contributed by atoms with E-state index in [1.54, 1.807) is 6.92 Å². The van der Waals surface area contributed by atoms with Crippen LogP contribution in [-0.4, -0.2) is 40.0 Å². The van der Waals surface area contributed by atoms with Crippen molar-refractivity contribution in [3.8, 4) is 0 Å². The van der Waals surface area contributed by atoms with Crippen LogP contribution in [0.3, 0.4) is 0 Å². The molecule has 0 spiro atoms. The van der Waals surface area contributed by atoms with E-state index in [1.165, 1.54) is 0 Å². The Morgan fingerprint density at radius 2 is 1.83 bits per heavy atom. The molecule has 35 heavy (non-hydrogen) atoms. The number of fused-ring (bicyclic) bond motifs is 1. The van der Waals surface area contributed by atoms with Gasteiger partial charge in [0.05, 0.1) is 34.9 Å². The molecule has 2 aromatic rings. The molecule has 3 rings (SSSR count). The summed E-state index contributed by atoms with van der Waals surface area (Å²) >= 11 is 0. The van der Waals surface area contributed by atoms with E-state index in [9.17, 15) is 14.7 Å². The molecule has 1 amide bonds. The van der Waals surface area contributed by atoms with Gasteiger partial charge in [0.1, 0.15) is 5.60 Å². The highest BCUT2D eigenvalue weighted by Crippen LogP contribution is 2.43. The van der Waals surface area contributed by atoms with Crippen LogP contribution in [0.25, 0.3) is 17.0 Å². The van der Waals surface area contributed by atoms with Gasteiger partial charge in [-0.15, -0.1) is 0 Å². The Hall–Kier alpha value is -2.93. The maximum atomic E-state index is 12.8. The number of nitrogens with one attached hydrogen (secondary N) is 1. The number of amides is 1. The van der Waals surface area contributed by atoms with Gasteiger partial charge in [0.25, 0.3) is 0 Å². The SMILES string of the molecule is CCOC(=O)C1(C=Cc2ccc3ccc(C(C)NC(=O)OC(C)(C)C)nc3c2)CCC(C)(O)CC1. The predicted octanol–water partition coefficient (Wildman–Crippen LogP) is 5.71. The van der Waals surface area contributed by atoms with Gasteiger partial charge in [-0.1, -0.05) is 30.4 Å². The highest BCUT2D eigenvalue weighted by Gasteiger charge is 2.44. The van der Waals surface area contributed by atoms with Gasteiger partial charge < -0.3 is 19.9 Å². The van der Waals surface area contributed by atoms with Gasteiger partial charge in [-0.05, 0) is 84.9 Å². The van der Waals surface area contributed by atoms with Crippen LogP contribution in [0.15, 0.2) is 36.4 Å². The van der Waals surface area contributed by atoms with E-state index in [0.717, 1.165) is 22.2 Å². The van der Waals surface area contributed by atoms with Crippen molar-refractivity contribution in [1.29, 1.82) is 0 Å². The second kappa shape index (κ2) is 10.4. The van der Waals surface area contributed by atoms with Crippen LogP contribution >= 0.6 is 0 Å². The van der Waals surface area contributed by atoms with Crippen molar-refractivity contribution in [2.75, 3.05) is 6.61 Å². The number of hydrogen-bond donors (Lipinski definition) is 2. The maximum Gasteiger partial charge on any atom is 0.408 e. The first-order chi connectivity index (χ1) is 16.3. The fourth-order valence-electron chi connectivity index (χ4n) is 4.26. The third kappa shape index (κ3) is 7.04. The van der Waals surface area contributed by atoms with E-state index in [0.29, 0.717) is 32.3 Å². The summed E-state index contributed by atoms with van der Waals surface area (Å²) in [7, 11) is 0. The number of hydrogen-bond acceptors (Lipinski definition) is 6. The number of carbonyl (C=O) groups excluding carboxylic acids is 2. The normalized spacial score (nSPS) is 23.7. The van der Waals surface area contributed by atoms with Gasteiger partial charge in [0.15, 0.2) is 0 Å². The molecule has 1 fully saturated rings. The number of carbonyl (C=O) groups is 2. The van der Waals surface area contributed by atoms with E-state index in [1.807, 2.05) is 77.1 Å². The van der Waals surface area contributed by atoms with Crippen molar-refractivity contribution in [3.63, 3.8) is 0 Å². The lowest BCUT2D eigenvalue weighted by Gasteiger charge is -2.39. The topological polar surface area (TPSA) is 97.8 Å². The van der Waals surface area contributed by atoms with Crippen LogP contribution in [0, 0.1) is 5.41 Å². The molecule has 1 atom stereocenters. The van der Waals surface area contributed by atoms with Crippen molar-refractivity contribution in [1.82, 2.24) is 10.3 Å². The molecule has 0 bridgehead atoms. The Morgan fingerprint density at radius 1 is 1.17 bits per heavy atom. The molecule has 1 aromatic heterocycles. The van der Waals surface area contributed by atoms with Gasteiger partial charge >= 0.3 is 12.1 Å². The van der Waals surface area contributed by atoms with E-state index in [-0.39, 0.29) is 12.0 Å². The Morgan fingerprint density at radius 3 is 2.46 bits per heavy atom. The average molecular weight is 483 g/mol. The number of nitrogens with zero attached hydrogens (tertiary/aromatic N) is 1. The third-order valence-corrected chi connectivity index (χ3v) is 6.41. The maximum absolute atomic E-state index is 12.8. The summed E-state index contributed by atoms with van der Waals surface area (Å²) in [5.41, 5.74) is 0.361. The minimum absolute atomic E-state index is 0.241. The summed E-state index contributed by atoms with van der Waals surface area (Å²) < 4.78 is 10.7. The number of aromatic nitrogens is 1. The molecule has 0 radical (unpaired) electrons. The highest BCUT2D eigenvalue weighted by molar-refractivity contribution is 5.83. The zero-order chi connectivity index (χ0) is 25.9. The lowest BCUT2D eigenvalue weighted by molar-refractivity contribution is -0.156. The van der Waals surface area contributed by atoms with Crippen molar-refractivity contribution >= 4 is 29.0 Å². The number of esters is 1. The van der Waals surface area contributed by atoms with E-state index in [2.05, 4.69) is 5.32 Å². The second-order valence-corrected chi connectivity index (χ2v) is 10.8. The van der Waals surface area contributed by atoms with Crippen LogP contribution in [0.2, 0.25) is 0 Å². The summed E-state index contributed by atoms with van der Waals surface area (Å²) in [6.45, 7) is 11.3. The molecule has 1 unspecified atom stereocenters. The van der Waals surface area contributed by atoms with Crippen LogP contribution in [0.4, 0.5) is 4.79 Å². The van der Waals surface area contributed by atoms with Crippen molar-refractivity contribution in [3.05, 3.63) is 47.7 Å². The van der Waals surface area contributed by atoms with Gasteiger partial charge in [-0.2, -0.15) is 0 Å². The van der Waals surface area contributed by atoms with Crippen LogP contribution in [-0.2, 0) is 14.3 Å². The summed E-state index contributed by atoms with van der Waals surface area (Å²) in [6.07, 6.45) is 5.55. The lowest BCUT2D eigenvalue weighted by Crippen LogP contribution is -2.41. The first kappa shape index (κ1) is 26.7. The molecule has 1 heterocycles. The minimum atomic E-state index is -0.753. The minimum Gasteiger partial charge on any atom is -0.465 e. The second-order valence-electron chi connectivity index (χ2n) is 10.8. The van der Waals surface area contributed by atoms with Gasteiger partial charge in [0, 0.05) is 5.39 Å². The number of ether oxygens (including phenoxy) is 2. The third-order valence-electron chi connectivity index (χ3n) is 6.41. The van der Waals surface area contributed by atoms with Gasteiger partial charge in [0.2, 0.25) is 0 Å². The number of rotatable bonds is 6. The Kier molecular flexibility index (Phi) is 7.90. The number of benzene rings is 1. The molecule has 1 aliphatic rings. The number of pyridine rings is 1. The quantitative estimate of drug-likeness (QED) is 0.512. The summed E-state index contributed by atoms with van der Waals surface area (Å²) in [5, 5.41) is 14.2. The van der Waals surface area contributed by atoms with E-state index < -0.39 is 22.7 Å². The molecule has 1 saturated carbocycles. The molecular formula is C28H38N2O5. The van der Waals surface area contributed by atoms with Crippen LogP contribution in [0.1, 0.15) is 84.5 Å². The average Bonchev–Trinajstić information content (AvgIpc) is 2.77. The fraction of sp³-hybridized carbons (Fsp3) is 0.536. The molecule has 7 heteroatoms. The first-order valence-corrected chi connectivity index (χ1v) is 12.3. The largest absolute Gasteiger partial charge is 0.465 e. The van der Waals surface area contributed by atoms with E-state index in [4.69, 9.17) is 14.5 Å². The molecule has 2 N–H and O–H groups in total. The monoisotopic (exact) mass is 482 g/mol. The Bertz CT molecular complexity index is 1090. The Labute approximate surface area is 207 Å². The molecule has 7 nitrogen and oxygen atoms in total. The summed E-state index contributed by atoms with van der Waals surface area (Å²) in [5.74, 6) is -0.241. The lowest BCUT2D eigenvalue weighted by atomic mass is 9.69.